The van der Waals surface area contributed by atoms with Crippen molar-refractivity contribution in [3.63, 3.8) is 0 Å². The minimum absolute atomic E-state index is 0.0975. The molecule has 0 radical (unpaired) electrons. The van der Waals surface area contributed by atoms with Crippen LogP contribution in [0.15, 0.2) is 70.1 Å². The fourth-order valence-corrected chi connectivity index (χ4v) is 2.39. The first kappa shape index (κ1) is 17.6. The monoisotopic (exact) mass is 352 g/mol. The number of fused-ring (bicyclic) bond motifs is 1. The van der Waals surface area contributed by atoms with Crippen LogP contribution in [0.2, 0.25) is 0 Å². The van der Waals surface area contributed by atoms with E-state index in [0.29, 0.717) is 41.4 Å². The van der Waals surface area contributed by atoms with Crippen LogP contribution in [-0.2, 0) is 0 Å². The highest BCUT2D eigenvalue weighted by molar-refractivity contribution is 5.79. The van der Waals surface area contributed by atoms with Gasteiger partial charge in [0, 0.05) is 6.07 Å². The smallest absolute Gasteiger partial charge is 0.235 e. The Bertz CT molecular complexity index is 987. The summed E-state index contributed by atoms with van der Waals surface area (Å²) in [5.74, 6) is 1.74. The van der Waals surface area contributed by atoms with E-state index in [-0.39, 0.29) is 11.2 Å². The third kappa shape index (κ3) is 3.88. The number of rotatable bonds is 7. The standard InChI is InChI=1S/C21H20O5/c1-4-23-17-7-5-6-8-18(17)26-20-13-25-19-11-15(24-12-14(2)3)9-10-16(19)21(20)22/h5-11,13H,2,4,12H2,1,3H3. The third-order valence-electron chi connectivity index (χ3n) is 3.57. The number of hydrogen-bond acceptors (Lipinski definition) is 5. The molecule has 0 aliphatic heterocycles. The van der Waals surface area contributed by atoms with Crippen molar-refractivity contribution in [2.24, 2.45) is 0 Å². The van der Waals surface area contributed by atoms with E-state index in [1.165, 1.54) is 6.26 Å². The fourth-order valence-electron chi connectivity index (χ4n) is 2.39. The summed E-state index contributed by atoms with van der Waals surface area (Å²) in [6.45, 7) is 8.46. The van der Waals surface area contributed by atoms with Gasteiger partial charge >= 0.3 is 0 Å². The summed E-state index contributed by atoms with van der Waals surface area (Å²) < 4.78 is 22.4. The molecule has 0 N–H and O–H groups in total. The first-order chi connectivity index (χ1) is 12.6. The molecule has 3 aromatic rings. The summed E-state index contributed by atoms with van der Waals surface area (Å²) in [7, 11) is 0. The lowest BCUT2D eigenvalue weighted by Gasteiger charge is -2.11. The predicted molar refractivity (Wildman–Crippen MR) is 100 cm³/mol. The second kappa shape index (κ2) is 7.78. The maximum atomic E-state index is 12.7. The zero-order chi connectivity index (χ0) is 18.5. The van der Waals surface area contributed by atoms with Crippen LogP contribution < -0.4 is 19.6 Å². The lowest BCUT2D eigenvalue weighted by Crippen LogP contribution is -2.06. The first-order valence-corrected chi connectivity index (χ1v) is 8.31. The molecule has 1 heterocycles. The molecule has 0 atom stereocenters. The molecule has 3 rings (SSSR count). The number of ether oxygens (including phenoxy) is 3. The maximum absolute atomic E-state index is 12.7. The molecule has 2 aromatic carbocycles. The van der Waals surface area contributed by atoms with Crippen LogP contribution in [0, 0.1) is 0 Å². The highest BCUT2D eigenvalue weighted by Crippen LogP contribution is 2.31. The summed E-state index contributed by atoms with van der Waals surface area (Å²) >= 11 is 0. The Morgan fingerprint density at radius 2 is 1.85 bits per heavy atom. The Kier molecular flexibility index (Phi) is 5.27. The van der Waals surface area contributed by atoms with E-state index < -0.39 is 0 Å². The van der Waals surface area contributed by atoms with Gasteiger partial charge in [0.1, 0.15) is 24.2 Å². The van der Waals surface area contributed by atoms with E-state index >= 15 is 0 Å². The second-order valence-electron chi connectivity index (χ2n) is 5.81. The topological polar surface area (TPSA) is 57.9 Å². The van der Waals surface area contributed by atoms with E-state index in [4.69, 9.17) is 18.6 Å². The average molecular weight is 352 g/mol. The van der Waals surface area contributed by atoms with E-state index in [2.05, 4.69) is 6.58 Å². The van der Waals surface area contributed by atoms with Gasteiger partial charge in [-0.25, -0.2) is 0 Å². The van der Waals surface area contributed by atoms with Crippen LogP contribution in [0.1, 0.15) is 13.8 Å². The summed E-state index contributed by atoms with van der Waals surface area (Å²) in [5, 5.41) is 0.416. The van der Waals surface area contributed by atoms with Crippen LogP contribution >= 0.6 is 0 Å². The zero-order valence-electron chi connectivity index (χ0n) is 14.8. The van der Waals surface area contributed by atoms with Crippen LogP contribution in [0.3, 0.4) is 0 Å². The van der Waals surface area contributed by atoms with Crippen LogP contribution in [0.5, 0.6) is 23.0 Å². The largest absolute Gasteiger partial charge is 0.490 e. The molecule has 5 nitrogen and oxygen atoms in total. The van der Waals surface area contributed by atoms with Gasteiger partial charge in [-0.15, -0.1) is 0 Å². The molecule has 5 heteroatoms. The fraction of sp³-hybridized carbons (Fsp3) is 0.190. The predicted octanol–water partition coefficient (Wildman–Crippen LogP) is 4.94. The molecule has 1 aromatic heterocycles. The van der Waals surface area contributed by atoms with Crippen LogP contribution in [0.4, 0.5) is 0 Å². The first-order valence-electron chi connectivity index (χ1n) is 8.31. The lowest BCUT2D eigenvalue weighted by molar-refractivity contribution is 0.319. The minimum Gasteiger partial charge on any atom is -0.490 e. The van der Waals surface area contributed by atoms with Crippen molar-refractivity contribution in [1.29, 1.82) is 0 Å². The third-order valence-corrected chi connectivity index (χ3v) is 3.57. The molecule has 26 heavy (non-hydrogen) atoms. The quantitative estimate of drug-likeness (QED) is 0.564. The summed E-state index contributed by atoms with van der Waals surface area (Å²) in [6, 6.07) is 12.2. The molecule has 0 fully saturated rings. The Hall–Kier alpha value is -3.21. The molecule has 0 aliphatic carbocycles. The van der Waals surface area contributed by atoms with Gasteiger partial charge < -0.3 is 18.6 Å². The van der Waals surface area contributed by atoms with E-state index in [1.807, 2.05) is 26.0 Å². The molecule has 0 saturated carbocycles. The van der Waals surface area contributed by atoms with Crippen molar-refractivity contribution in [2.45, 2.75) is 13.8 Å². The highest BCUT2D eigenvalue weighted by Gasteiger charge is 2.12. The molecule has 0 bridgehead atoms. The van der Waals surface area contributed by atoms with Crippen molar-refractivity contribution >= 4 is 11.0 Å². The average Bonchev–Trinajstić information content (AvgIpc) is 2.64. The van der Waals surface area contributed by atoms with Gasteiger partial charge in [0.25, 0.3) is 0 Å². The Morgan fingerprint density at radius 1 is 1.08 bits per heavy atom. The van der Waals surface area contributed by atoms with Gasteiger partial charge in [-0.3, -0.25) is 4.79 Å². The molecule has 134 valence electrons. The molecular formula is C21H20O5. The van der Waals surface area contributed by atoms with Gasteiger partial charge in [-0.2, -0.15) is 0 Å². The molecule has 0 spiro atoms. The number of hydrogen-bond donors (Lipinski definition) is 0. The van der Waals surface area contributed by atoms with Gasteiger partial charge in [0.05, 0.1) is 12.0 Å². The van der Waals surface area contributed by atoms with Gasteiger partial charge in [0.15, 0.2) is 11.5 Å². The second-order valence-corrected chi connectivity index (χ2v) is 5.81. The van der Waals surface area contributed by atoms with Crippen molar-refractivity contribution in [2.75, 3.05) is 13.2 Å². The van der Waals surface area contributed by atoms with Gasteiger partial charge in [-0.1, -0.05) is 18.7 Å². The van der Waals surface area contributed by atoms with Crippen molar-refractivity contribution in [1.82, 2.24) is 0 Å². The van der Waals surface area contributed by atoms with Gasteiger partial charge in [-0.05, 0) is 43.7 Å². The highest BCUT2D eigenvalue weighted by atomic mass is 16.5. The molecule has 0 saturated heterocycles. The van der Waals surface area contributed by atoms with E-state index in [9.17, 15) is 4.79 Å². The molecule has 0 amide bonds. The molecular weight excluding hydrogens is 332 g/mol. The summed E-state index contributed by atoms with van der Waals surface area (Å²) in [6.07, 6.45) is 1.30. The van der Waals surface area contributed by atoms with Crippen LogP contribution in [0.25, 0.3) is 11.0 Å². The zero-order valence-corrected chi connectivity index (χ0v) is 14.8. The van der Waals surface area contributed by atoms with E-state index in [1.54, 1.807) is 30.3 Å². The molecule has 0 unspecified atom stereocenters. The van der Waals surface area contributed by atoms with E-state index in [0.717, 1.165) is 5.57 Å². The lowest BCUT2D eigenvalue weighted by atomic mass is 10.2. The van der Waals surface area contributed by atoms with Crippen molar-refractivity contribution < 1.29 is 18.6 Å². The Labute approximate surface area is 151 Å². The van der Waals surface area contributed by atoms with Crippen LogP contribution in [-0.4, -0.2) is 13.2 Å². The SMILES string of the molecule is C=C(C)COc1ccc2c(=O)c(Oc3ccccc3OCC)coc2c1. The normalized spacial score (nSPS) is 10.5. The summed E-state index contributed by atoms with van der Waals surface area (Å²) in [5.41, 5.74) is 1.08. The van der Waals surface area contributed by atoms with Crippen molar-refractivity contribution in [3.8, 4) is 23.0 Å². The van der Waals surface area contributed by atoms with Crippen molar-refractivity contribution in [3.05, 3.63) is 71.1 Å². The van der Waals surface area contributed by atoms with Gasteiger partial charge in [0.2, 0.25) is 11.2 Å². The number of para-hydroxylation sites is 2. The Morgan fingerprint density at radius 3 is 2.58 bits per heavy atom. The number of benzene rings is 2. The maximum Gasteiger partial charge on any atom is 0.235 e. The minimum atomic E-state index is -0.260. The Balaban J connectivity index is 1.91. The summed E-state index contributed by atoms with van der Waals surface area (Å²) in [4.78, 5) is 12.7. The molecule has 0 aliphatic rings.